The van der Waals surface area contributed by atoms with Crippen LogP contribution in [0.25, 0.3) is 22.8 Å². The highest BCUT2D eigenvalue weighted by atomic mass is 32.1. The average molecular weight is 422 g/mol. The summed E-state index contributed by atoms with van der Waals surface area (Å²) < 4.78 is 16.5. The van der Waals surface area contributed by atoms with Crippen molar-refractivity contribution >= 4 is 17.2 Å². The minimum atomic E-state index is 0.330. The molecule has 0 saturated carbocycles. The highest BCUT2D eigenvalue weighted by Gasteiger charge is 2.11. The maximum absolute atomic E-state index is 5.77. The van der Waals surface area contributed by atoms with Crippen LogP contribution in [0.3, 0.4) is 0 Å². The van der Waals surface area contributed by atoms with E-state index < -0.39 is 0 Å². The van der Waals surface area contributed by atoms with Crippen LogP contribution in [-0.2, 0) is 4.74 Å². The average Bonchev–Trinajstić information content (AvgIpc) is 3.28. The molecule has 0 bridgehead atoms. The number of ether oxygens (including phenoxy) is 2. The third-order valence-electron chi connectivity index (χ3n) is 4.78. The monoisotopic (exact) mass is 421 g/mol. The maximum atomic E-state index is 5.77. The molecule has 1 aliphatic rings. The van der Waals surface area contributed by atoms with Crippen LogP contribution >= 0.6 is 12.2 Å². The first-order valence-electron chi connectivity index (χ1n) is 9.84. The Kier molecular flexibility index (Phi) is 6.51. The summed E-state index contributed by atoms with van der Waals surface area (Å²) in [6.45, 7) is 4.57. The van der Waals surface area contributed by atoms with E-state index in [1.807, 2.05) is 55.5 Å². The van der Waals surface area contributed by atoms with Gasteiger partial charge in [-0.1, -0.05) is 58.9 Å². The second-order valence-corrected chi connectivity index (χ2v) is 7.56. The molecule has 6 nitrogen and oxygen atoms in total. The van der Waals surface area contributed by atoms with Crippen molar-refractivity contribution < 1.29 is 14.0 Å². The molecule has 0 radical (unpaired) electrons. The predicted octanol–water partition coefficient (Wildman–Crippen LogP) is 4.35. The Morgan fingerprint density at radius 2 is 1.87 bits per heavy atom. The normalized spacial score (nSPS) is 13.6. The maximum Gasteiger partial charge on any atom is 0.258 e. The topological polar surface area (TPSA) is 69.4 Å². The van der Waals surface area contributed by atoms with Gasteiger partial charge in [-0.25, -0.2) is 0 Å². The quantitative estimate of drug-likeness (QED) is 0.449. The Bertz CT molecular complexity index is 1030. The van der Waals surface area contributed by atoms with Gasteiger partial charge in [0, 0.05) is 17.7 Å². The largest absolute Gasteiger partial charge is 0.486 e. The van der Waals surface area contributed by atoms with E-state index in [1.54, 1.807) is 0 Å². The van der Waals surface area contributed by atoms with E-state index in [-0.39, 0.29) is 0 Å². The first-order chi connectivity index (χ1) is 14.7. The molecule has 0 atom stereocenters. The molecule has 0 amide bonds. The minimum Gasteiger partial charge on any atom is -0.486 e. The van der Waals surface area contributed by atoms with Crippen molar-refractivity contribution in [1.29, 1.82) is 0 Å². The second-order valence-electron chi connectivity index (χ2n) is 7.07. The molecule has 0 spiro atoms. The molecular formula is C23H23N3O3S. The molecule has 3 aromatic rings. The number of thiocarbonyl (C=S) groups is 1. The smallest absolute Gasteiger partial charge is 0.258 e. The lowest BCUT2D eigenvalue weighted by molar-refractivity contribution is 0.154. The number of nitrogens with zero attached hydrogens (tertiary/aromatic N) is 2. The molecule has 2 heterocycles. The third kappa shape index (κ3) is 5.31. The zero-order valence-electron chi connectivity index (χ0n) is 16.8. The zero-order chi connectivity index (χ0) is 20.8. The fourth-order valence-corrected chi connectivity index (χ4v) is 3.12. The van der Waals surface area contributed by atoms with Crippen LogP contribution in [0.5, 0.6) is 5.75 Å². The third-order valence-corrected chi connectivity index (χ3v) is 5.04. The van der Waals surface area contributed by atoms with Gasteiger partial charge in [0.1, 0.15) is 17.3 Å². The summed E-state index contributed by atoms with van der Waals surface area (Å²) in [5, 5.41) is 7.31. The molecule has 1 aliphatic heterocycles. The molecule has 1 aromatic heterocycles. The van der Waals surface area contributed by atoms with Crippen molar-refractivity contribution in [1.82, 2.24) is 15.5 Å². The highest BCUT2D eigenvalue weighted by molar-refractivity contribution is 7.80. The number of aryl methyl sites for hydroxylation is 1. The molecule has 154 valence electrons. The molecule has 30 heavy (non-hydrogen) atoms. The van der Waals surface area contributed by atoms with Crippen molar-refractivity contribution in [3.8, 4) is 28.6 Å². The Labute approximate surface area is 180 Å². The van der Waals surface area contributed by atoms with E-state index in [0.717, 1.165) is 36.4 Å². The van der Waals surface area contributed by atoms with E-state index in [1.165, 1.54) is 11.1 Å². The van der Waals surface area contributed by atoms with Crippen LogP contribution in [0, 0.1) is 6.92 Å². The first-order valence-corrected chi connectivity index (χ1v) is 10.2. The van der Waals surface area contributed by atoms with Crippen LogP contribution in [-0.4, -0.2) is 41.5 Å². The van der Waals surface area contributed by atoms with Gasteiger partial charge in [-0.15, -0.1) is 0 Å². The van der Waals surface area contributed by atoms with Crippen LogP contribution < -0.4 is 10.1 Å². The van der Waals surface area contributed by atoms with E-state index >= 15 is 0 Å². The van der Waals surface area contributed by atoms with Gasteiger partial charge in [0.25, 0.3) is 5.89 Å². The van der Waals surface area contributed by atoms with Crippen LogP contribution in [0.1, 0.15) is 12.0 Å². The van der Waals surface area contributed by atoms with Gasteiger partial charge in [-0.3, -0.25) is 0 Å². The van der Waals surface area contributed by atoms with Gasteiger partial charge in [0.15, 0.2) is 0 Å². The summed E-state index contributed by atoms with van der Waals surface area (Å²) in [5.74, 6) is 1.77. The highest BCUT2D eigenvalue weighted by Crippen LogP contribution is 2.24. The van der Waals surface area contributed by atoms with E-state index in [2.05, 4.69) is 21.5 Å². The van der Waals surface area contributed by atoms with Gasteiger partial charge in [-0.2, -0.15) is 4.98 Å². The SMILES string of the molecule is Cc1ccc(-c2noc(-c3ccc(OCC(=S)NCC4=CCOCC4)cc3)n2)cc1. The summed E-state index contributed by atoms with van der Waals surface area (Å²) >= 11 is 5.35. The Morgan fingerprint density at radius 3 is 2.60 bits per heavy atom. The van der Waals surface area contributed by atoms with E-state index in [9.17, 15) is 0 Å². The number of hydrogen-bond donors (Lipinski definition) is 1. The van der Waals surface area contributed by atoms with E-state index in [0.29, 0.717) is 29.9 Å². The van der Waals surface area contributed by atoms with Crippen molar-refractivity contribution in [2.75, 3.05) is 26.4 Å². The molecule has 0 unspecified atom stereocenters. The minimum absolute atomic E-state index is 0.330. The first kappa shape index (κ1) is 20.3. The van der Waals surface area contributed by atoms with Crippen molar-refractivity contribution in [3.63, 3.8) is 0 Å². The standard InChI is InChI=1S/C23H23N3O3S/c1-16-2-4-18(5-3-16)22-25-23(29-26-22)19-6-8-20(9-7-19)28-15-21(30)24-14-17-10-12-27-13-11-17/h2-10H,11-15H2,1H3,(H,24,30). The lowest BCUT2D eigenvalue weighted by Gasteiger charge is -2.15. The molecule has 1 N–H and O–H groups in total. The zero-order valence-corrected chi connectivity index (χ0v) is 17.6. The van der Waals surface area contributed by atoms with Gasteiger partial charge < -0.3 is 19.3 Å². The molecule has 2 aromatic carbocycles. The van der Waals surface area contributed by atoms with Crippen molar-refractivity contribution in [3.05, 3.63) is 65.7 Å². The molecule has 0 aliphatic carbocycles. The number of hydrogen-bond acceptors (Lipinski definition) is 6. The van der Waals surface area contributed by atoms with Gasteiger partial charge >= 0.3 is 0 Å². The number of benzene rings is 2. The summed E-state index contributed by atoms with van der Waals surface area (Å²) in [7, 11) is 0. The number of nitrogens with one attached hydrogen (secondary N) is 1. The molecule has 4 rings (SSSR count). The molecule has 0 fully saturated rings. The number of rotatable bonds is 7. The summed E-state index contributed by atoms with van der Waals surface area (Å²) in [5.41, 5.74) is 4.26. The Balaban J connectivity index is 1.30. The van der Waals surface area contributed by atoms with E-state index in [4.69, 9.17) is 26.2 Å². The predicted molar refractivity (Wildman–Crippen MR) is 120 cm³/mol. The van der Waals surface area contributed by atoms with Crippen LogP contribution in [0.2, 0.25) is 0 Å². The molecule has 0 saturated heterocycles. The van der Waals surface area contributed by atoms with Gasteiger partial charge in [0.05, 0.1) is 13.2 Å². The number of aromatic nitrogens is 2. The summed E-state index contributed by atoms with van der Waals surface area (Å²) in [6.07, 6.45) is 3.04. The fourth-order valence-electron chi connectivity index (χ4n) is 2.99. The van der Waals surface area contributed by atoms with Crippen LogP contribution in [0.4, 0.5) is 0 Å². The van der Waals surface area contributed by atoms with Gasteiger partial charge in [0.2, 0.25) is 5.82 Å². The summed E-state index contributed by atoms with van der Waals surface area (Å²) in [6, 6.07) is 15.5. The van der Waals surface area contributed by atoms with Crippen molar-refractivity contribution in [2.24, 2.45) is 0 Å². The van der Waals surface area contributed by atoms with Crippen LogP contribution in [0.15, 0.2) is 64.7 Å². The summed E-state index contributed by atoms with van der Waals surface area (Å²) in [4.78, 5) is 5.16. The lowest BCUT2D eigenvalue weighted by Crippen LogP contribution is -2.29. The Hall–Kier alpha value is -3.03. The molecule has 7 heteroatoms. The van der Waals surface area contributed by atoms with Crippen molar-refractivity contribution in [2.45, 2.75) is 13.3 Å². The second kappa shape index (κ2) is 9.65. The Morgan fingerprint density at radius 1 is 1.10 bits per heavy atom. The molecular weight excluding hydrogens is 398 g/mol. The fraction of sp³-hybridized carbons (Fsp3) is 0.261. The van der Waals surface area contributed by atoms with Gasteiger partial charge in [-0.05, 0) is 37.6 Å². The lowest BCUT2D eigenvalue weighted by atomic mass is 10.1.